The highest BCUT2D eigenvalue weighted by atomic mass is 16.5. The van der Waals surface area contributed by atoms with Gasteiger partial charge in [-0.3, -0.25) is 4.79 Å². The van der Waals surface area contributed by atoms with Crippen molar-refractivity contribution in [2.24, 2.45) is 5.73 Å². The highest BCUT2D eigenvalue weighted by Crippen LogP contribution is 2.19. The van der Waals surface area contributed by atoms with E-state index in [-0.39, 0.29) is 18.1 Å². The summed E-state index contributed by atoms with van der Waals surface area (Å²) in [5, 5.41) is 3.24. The van der Waals surface area contributed by atoms with E-state index in [0.717, 1.165) is 12.2 Å². The number of benzene rings is 1. The molecule has 1 amide bonds. The van der Waals surface area contributed by atoms with Gasteiger partial charge in [0.25, 0.3) is 0 Å². The van der Waals surface area contributed by atoms with Crippen molar-refractivity contribution in [2.45, 2.75) is 65.1 Å². The fourth-order valence-corrected chi connectivity index (χ4v) is 2.52. The zero-order chi connectivity index (χ0) is 16.0. The van der Waals surface area contributed by atoms with Gasteiger partial charge in [0, 0.05) is 12.5 Å². The number of ether oxygens (including phenoxy) is 1. The molecule has 4 nitrogen and oxygen atoms in total. The Morgan fingerprint density at radius 2 is 1.86 bits per heavy atom. The molecule has 0 spiro atoms. The van der Waals surface area contributed by atoms with Gasteiger partial charge in [-0.05, 0) is 51.8 Å². The lowest BCUT2D eigenvalue weighted by Crippen LogP contribution is -2.57. The third kappa shape index (κ3) is 5.38. The molecule has 0 bridgehead atoms. The van der Waals surface area contributed by atoms with Crippen molar-refractivity contribution >= 4 is 5.91 Å². The molecule has 1 aromatic carbocycles. The number of rotatable bonds is 8. The van der Waals surface area contributed by atoms with Crippen molar-refractivity contribution in [1.82, 2.24) is 5.32 Å². The monoisotopic (exact) mass is 292 g/mol. The molecular weight excluding hydrogens is 264 g/mol. The van der Waals surface area contributed by atoms with Crippen LogP contribution in [0, 0.1) is 0 Å². The molecule has 21 heavy (non-hydrogen) atoms. The molecule has 1 rings (SSSR count). The molecule has 1 aromatic rings. The number of nitrogens with two attached hydrogens (primary N) is 1. The van der Waals surface area contributed by atoms with Crippen LogP contribution in [0.5, 0.6) is 5.75 Å². The molecule has 2 atom stereocenters. The SMILES string of the molecule is CCc1ccc(OC(C)CC(C)(NC(C)C)C(N)=O)cc1. The summed E-state index contributed by atoms with van der Waals surface area (Å²) in [5.74, 6) is 0.462. The molecule has 2 unspecified atom stereocenters. The van der Waals surface area contributed by atoms with Crippen LogP contribution in [-0.4, -0.2) is 23.6 Å². The predicted molar refractivity (Wildman–Crippen MR) is 86.4 cm³/mol. The normalized spacial score (nSPS) is 15.5. The number of nitrogens with one attached hydrogen (secondary N) is 1. The third-order valence-electron chi connectivity index (χ3n) is 3.52. The maximum Gasteiger partial charge on any atom is 0.237 e. The fraction of sp³-hybridized carbons (Fsp3) is 0.588. The van der Waals surface area contributed by atoms with Crippen molar-refractivity contribution in [1.29, 1.82) is 0 Å². The first-order valence-electron chi connectivity index (χ1n) is 7.60. The van der Waals surface area contributed by atoms with Gasteiger partial charge in [-0.1, -0.05) is 19.1 Å². The fourth-order valence-electron chi connectivity index (χ4n) is 2.52. The van der Waals surface area contributed by atoms with Crippen LogP contribution in [0.3, 0.4) is 0 Å². The van der Waals surface area contributed by atoms with E-state index in [1.165, 1.54) is 5.56 Å². The van der Waals surface area contributed by atoms with Crippen LogP contribution < -0.4 is 15.8 Å². The molecular formula is C17H28N2O2. The minimum Gasteiger partial charge on any atom is -0.491 e. The van der Waals surface area contributed by atoms with Gasteiger partial charge >= 0.3 is 0 Å². The first-order valence-corrected chi connectivity index (χ1v) is 7.60. The Balaban J connectivity index is 2.68. The second-order valence-electron chi connectivity index (χ2n) is 6.13. The van der Waals surface area contributed by atoms with Crippen LogP contribution >= 0.6 is 0 Å². The van der Waals surface area contributed by atoms with E-state index < -0.39 is 5.54 Å². The van der Waals surface area contributed by atoms with Crippen LogP contribution in [-0.2, 0) is 11.2 Å². The summed E-state index contributed by atoms with van der Waals surface area (Å²) in [4.78, 5) is 11.7. The number of carbonyl (C=O) groups is 1. The van der Waals surface area contributed by atoms with Crippen molar-refractivity contribution in [3.8, 4) is 5.75 Å². The Kier molecular flexibility index (Phi) is 6.21. The van der Waals surface area contributed by atoms with Gasteiger partial charge in [-0.25, -0.2) is 0 Å². The van der Waals surface area contributed by atoms with Crippen molar-refractivity contribution in [3.63, 3.8) is 0 Å². The molecule has 0 aromatic heterocycles. The first-order chi connectivity index (χ1) is 9.76. The molecule has 0 aliphatic rings. The van der Waals surface area contributed by atoms with Crippen LogP contribution in [0.25, 0.3) is 0 Å². The average Bonchev–Trinajstić information content (AvgIpc) is 2.38. The highest BCUT2D eigenvalue weighted by Gasteiger charge is 2.33. The van der Waals surface area contributed by atoms with Gasteiger partial charge in [0.1, 0.15) is 5.75 Å². The molecule has 118 valence electrons. The maximum atomic E-state index is 11.7. The number of carbonyl (C=O) groups excluding carboxylic acids is 1. The minimum absolute atomic E-state index is 0.110. The van der Waals surface area contributed by atoms with Crippen LogP contribution in [0.2, 0.25) is 0 Å². The molecule has 0 radical (unpaired) electrons. The lowest BCUT2D eigenvalue weighted by molar-refractivity contribution is -0.125. The van der Waals surface area contributed by atoms with Gasteiger partial charge in [0.2, 0.25) is 5.91 Å². The summed E-state index contributed by atoms with van der Waals surface area (Å²) in [7, 11) is 0. The first kappa shape index (κ1) is 17.5. The number of hydrogen-bond donors (Lipinski definition) is 2. The Hall–Kier alpha value is -1.55. The molecule has 3 N–H and O–H groups in total. The summed E-state index contributed by atoms with van der Waals surface area (Å²) in [6, 6.07) is 8.22. The Labute approximate surface area is 128 Å². The zero-order valence-corrected chi connectivity index (χ0v) is 13.8. The zero-order valence-electron chi connectivity index (χ0n) is 13.8. The highest BCUT2D eigenvalue weighted by molar-refractivity contribution is 5.84. The Morgan fingerprint density at radius 1 is 1.29 bits per heavy atom. The summed E-state index contributed by atoms with van der Waals surface area (Å²) in [6.07, 6.45) is 1.42. The maximum absolute atomic E-state index is 11.7. The number of aryl methyl sites for hydroxylation is 1. The summed E-state index contributed by atoms with van der Waals surface area (Å²) < 4.78 is 5.89. The molecule has 4 heteroatoms. The summed E-state index contributed by atoms with van der Waals surface area (Å²) in [5.41, 5.74) is 6.05. The lowest BCUT2D eigenvalue weighted by atomic mass is 9.93. The topological polar surface area (TPSA) is 64.3 Å². The third-order valence-corrected chi connectivity index (χ3v) is 3.52. The van der Waals surface area contributed by atoms with Crippen LogP contribution in [0.15, 0.2) is 24.3 Å². The lowest BCUT2D eigenvalue weighted by Gasteiger charge is -2.32. The molecule has 0 saturated heterocycles. The van der Waals surface area contributed by atoms with E-state index >= 15 is 0 Å². The van der Waals surface area contributed by atoms with E-state index in [1.807, 2.05) is 39.8 Å². The Bertz CT molecular complexity index is 456. The van der Waals surface area contributed by atoms with E-state index in [1.54, 1.807) is 0 Å². The minimum atomic E-state index is -0.767. The van der Waals surface area contributed by atoms with Crippen molar-refractivity contribution in [3.05, 3.63) is 29.8 Å². The van der Waals surface area contributed by atoms with Crippen LogP contribution in [0.4, 0.5) is 0 Å². The molecule has 0 heterocycles. The van der Waals surface area contributed by atoms with Crippen LogP contribution in [0.1, 0.15) is 46.6 Å². The molecule has 0 aliphatic carbocycles. The molecule has 0 aliphatic heterocycles. The van der Waals surface area contributed by atoms with Gasteiger partial charge in [-0.15, -0.1) is 0 Å². The second-order valence-corrected chi connectivity index (χ2v) is 6.13. The van der Waals surface area contributed by atoms with Gasteiger partial charge in [0.15, 0.2) is 0 Å². The quantitative estimate of drug-likeness (QED) is 0.774. The second kappa shape index (κ2) is 7.46. The Morgan fingerprint density at radius 3 is 2.29 bits per heavy atom. The van der Waals surface area contributed by atoms with Crippen molar-refractivity contribution < 1.29 is 9.53 Å². The number of hydrogen-bond acceptors (Lipinski definition) is 3. The number of amides is 1. The van der Waals surface area contributed by atoms with Crippen molar-refractivity contribution in [2.75, 3.05) is 0 Å². The summed E-state index contributed by atoms with van der Waals surface area (Å²) in [6.45, 7) is 9.90. The predicted octanol–water partition coefficient (Wildman–Crippen LogP) is 2.65. The largest absolute Gasteiger partial charge is 0.491 e. The molecule has 0 saturated carbocycles. The van der Waals surface area contributed by atoms with E-state index in [4.69, 9.17) is 10.5 Å². The van der Waals surface area contributed by atoms with E-state index in [9.17, 15) is 4.79 Å². The smallest absolute Gasteiger partial charge is 0.237 e. The standard InChI is InChI=1S/C17H28N2O2/c1-6-14-7-9-15(10-8-14)21-13(4)11-17(5,16(18)20)19-12(2)3/h7-10,12-13,19H,6,11H2,1-5H3,(H2,18,20). The van der Waals surface area contributed by atoms with E-state index in [0.29, 0.717) is 6.42 Å². The van der Waals surface area contributed by atoms with E-state index in [2.05, 4.69) is 24.4 Å². The van der Waals surface area contributed by atoms with Gasteiger partial charge < -0.3 is 15.8 Å². The molecule has 0 fully saturated rings. The van der Waals surface area contributed by atoms with Gasteiger partial charge in [0.05, 0.1) is 11.6 Å². The summed E-state index contributed by atoms with van der Waals surface area (Å²) >= 11 is 0. The average molecular weight is 292 g/mol. The number of primary amides is 1. The van der Waals surface area contributed by atoms with Gasteiger partial charge in [-0.2, -0.15) is 0 Å².